The van der Waals surface area contributed by atoms with Gasteiger partial charge in [0.05, 0.1) is 13.2 Å². The normalized spacial score (nSPS) is 17.8. The summed E-state index contributed by atoms with van der Waals surface area (Å²) >= 11 is 0. The minimum Gasteiger partial charge on any atom is -0.348 e. The Morgan fingerprint density at radius 2 is 1.88 bits per heavy atom. The van der Waals surface area contributed by atoms with Crippen LogP contribution in [0.4, 0.5) is 0 Å². The van der Waals surface area contributed by atoms with Crippen molar-refractivity contribution in [1.82, 2.24) is 0 Å². The van der Waals surface area contributed by atoms with E-state index in [4.69, 9.17) is 9.47 Å². The predicted octanol–water partition coefficient (Wildman–Crippen LogP) is 2.58. The quantitative estimate of drug-likeness (QED) is 0.707. The van der Waals surface area contributed by atoms with E-state index in [2.05, 4.69) is 11.8 Å². The van der Waals surface area contributed by atoms with Gasteiger partial charge in [-0.05, 0) is 19.1 Å². The number of hydrogen-bond donors (Lipinski definition) is 0. The lowest BCUT2D eigenvalue weighted by Crippen LogP contribution is -2.24. The molecule has 0 aliphatic carbocycles. The van der Waals surface area contributed by atoms with E-state index in [-0.39, 0.29) is 0 Å². The Hall–Kier alpha value is -1.30. The average Bonchev–Trinajstić information content (AvgIpc) is 2.74. The van der Waals surface area contributed by atoms with Crippen LogP contribution in [0, 0.1) is 11.8 Å². The van der Waals surface area contributed by atoms with Gasteiger partial charge in [-0.1, -0.05) is 30.0 Å². The lowest BCUT2D eigenvalue weighted by molar-refractivity contribution is -0.145. The molecule has 1 saturated heterocycles. The summed E-state index contributed by atoms with van der Waals surface area (Å²) in [4.78, 5) is 0. The van der Waals surface area contributed by atoms with Crippen molar-refractivity contribution in [3.63, 3.8) is 0 Å². The van der Waals surface area contributed by atoms with Crippen molar-refractivity contribution in [3.8, 4) is 11.8 Å². The van der Waals surface area contributed by atoms with Crippen LogP contribution in [0.3, 0.4) is 0 Å². The van der Waals surface area contributed by atoms with E-state index in [1.807, 2.05) is 37.3 Å². The predicted molar refractivity (Wildman–Crippen MR) is 62.9 cm³/mol. The van der Waals surface area contributed by atoms with Gasteiger partial charge in [0, 0.05) is 18.4 Å². The molecule has 0 atom stereocenters. The highest BCUT2D eigenvalue weighted by Crippen LogP contribution is 2.23. The number of hydrogen-bond acceptors (Lipinski definition) is 2. The summed E-state index contributed by atoms with van der Waals surface area (Å²) in [6.45, 7) is 3.37. The first kappa shape index (κ1) is 11.2. The van der Waals surface area contributed by atoms with E-state index in [0.717, 1.165) is 18.4 Å². The molecular weight excluding hydrogens is 200 g/mol. The van der Waals surface area contributed by atoms with Gasteiger partial charge in [0.15, 0.2) is 5.79 Å². The monoisotopic (exact) mass is 216 g/mol. The molecule has 0 unspecified atom stereocenters. The summed E-state index contributed by atoms with van der Waals surface area (Å²) in [7, 11) is 0. The Morgan fingerprint density at radius 1 is 1.19 bits per heavy atom. The molecule has 16 heavy (non-hydrogen) atoms. The van der Waals surface area contributed by atoms with Gasteiger partial charge < -0.3 is 9.47 Å². The lowest BCUT2D eigenvalue weighted by atomic mass is 10.1. The first-order valence-corrected chi connectivity index (χ1v) is 5.60. The van der Waals surface area contributed by atoms with Crippen molar-refractivity contribution in [2.75, 3.05) is 13.2 Å². The second kappa shape index (κ2) is 5.16. The zero-order chi connectivity index (χ0) is 11.3. The van der Waals surface area contributed by atoms with Crippen molar-refractivity contribution >= 4 is 0 Å². The maximum Gasteiger partial charge on any atom is 0.166 e. The summed E-state index contributed by atoms with van der Waals surface area (Å²) < 4.78 is 11.0. The van der Waals surface area contributed by atoms with E-state index in [1.54, 1.807) is 0 Å². The van der Waals surface area contributed by atoms with Crippen LogP contribution in [0.25, 0.3) is 0 Å². The summed E-state index contributed by atoms with van der Waals surface area (Å²) in [5.41, 5.74) is 1.06. The fraction of sp³-hybridized carbons (Fsp3) is 0.429. The molecule has 1 aliphatic rings. The van der Waals surface area contributed by atoms with E-state index < -0.39 is 5.79 Å². The molecule has 0 saturated carbocycles. The van der Waals surface area contributed by atoms with E-state index >= 15 is 0 Å². The number of rotatable bonds is 2. The minimum absolute atomic E-state index is 0.411. The Bertz CT molecular complexity index is 380. The van der Waals surface area contributed by atoms with Crippen LogP contribution in [0.2, 0.25) is 0 Å². The Morgan fingerprint density at radius 3 is 2.56 bits per heavy atom. The average molecular weight is 216 g/mol. The van der Waals surface area contributed by atoms with Crippen molar-refractivity contribution < 1.29 is 9.47 Å². The zero-order valence-corrected chi connectivity index (χ0v) is 9.53. The molecule has 1 aliphatic heterocycles. The van der Waals surface area contributed by atoms with Crippen LogP contribution in [0.15, 0.2) is 30.3 Å². The third-order valence-corrected chi connectivity index (χ3v) is 2.61. The minimum atomic E-state index is -0.411. The summed E-state index contributed by atoms with van der Waals surface area (Å²) in [5, 5.41) is 0. The topological polar surface area (TPSA) is 18.5 Å². The molecule has 1 fully saturated rings. The largest absolute Gasteiger partial charge is 0.348 e. The van der Waals surface area contributed by atoms with Gasteiger partial charge in [-0.3, -0.25) is 0 Å². The van der Waals surface area contributed by atoms with Gasteiger partial charge >= 0.3 is 0 Å². The summed E-state index contributed by atoms with van der Waals surface area (Å²) in [6, 6.07) is 10.0. The Balaban J connectivity index is 1.82. The molecular formula is C14H16O2. The Kier molecular flexibility index (Phi) is 3.61. The molecule has 1 aromatic carbocycles. The van der Waals surface area contributed by atoms with Crippen molar-refractivity contribution in [3.05, 3.63) is 35.9 Å². The molecule has 1 heterocycles. The van der Waals surface area contributed by atoms with Crippen LogP contribution in [0.1, 0.15) is 25.3 Å². The van der Waals surface area contributed by atoms with E-state index in [1.165, 1.54) is 0 Å². The van der Waals surface area contributed by atoms with Crippen LogP contribution in [-0.2, 0) is 9.47 Å². The molecule has 84 valence electrons. The maximum absolute atomic E-state index is 5.50. The fourth-order valence-corrected chi connectivity index (χ4v) is 1.68. The van der Waals surface area contributed by atoms with Gasteiger partial charge in [0.1, 0.15) is 0 Å². The highest BCUT2D eigenvalue weighted by Gasteiger charge is 2.29. The molecule has 0 amide bonds. The van der Waals surface area contributed by atoms with Gasteiger partial charge in [0.2, 0.25) is 0 Å². The molecule has 0 bridgehead atoms. The van der Waals surface area contributed by atoms with Crippen molar-refractivity contribution in [2.24, 2.45) is 0 Å². The first-order valence-electron chi connectivity index (χ1n) is 5.60. The van der Waals surface area contributed by atoms with Crippen LogP contribution in [0.5, 0.6) is 0 Å². The summed E-state index contributed by atoms with van der Waals surface area (Å²) in [6.07, 6.45) is 1.62. The smallest absolute Gasteiger partial charge is 0.166 e. The summed E-state index contributed by atoms with van der Waals surface area (Å²) in [5.74, 6) is 5.86. The first-order chi connectivity index (χ1) is 7.79. The maximum atomic E-state index is 5.50. The fourth-order valence-electron chi connectivity index (χ4n) is 1.68. The molecule has 0 aromatic heterocycles. The van der Waals surface area contributed by atoms with Gasteiger partial charge in [-0.15, -0.1) is 0 Å². The molecule has 0 N–H and O–H groups in total. The molecule has 0 spiro atoms. The van der Waals surface area contributed by atoms with Gasteiger partial charge in [-0.25, -0.2) is 0 Å². The second-order valence-electron chi connectivity index (χ2n) is 4.00. The lowest BCUT2D eigenvalue weighted by Gasteiger charge is -2.20. The highest BCUT2D eigenvalue weighted by molar-refractivity contribution is 5.33. The molecule has 2 nitrogen and oxygen atoms in total. The van der Waals surface area contributed by atoms with Crippen LogP contribution >= 0.6 is 0 Å². The zero-order valence-electron chi connectivity index (χ0n) is 9.53. The third-order valence-electron chi connectivity index (χ3n) is 2.61. The standard InChI is InChI=1S/C14H16O2/c1-14(15-11-12-16-14)10-6-5-9-13-7-3-2-4-8-13/h2-4,7-8H,6,10-12H2,1H3. The van der Waals surface area contributed by atoms with Crippen LogP contribution < -0.4 is 0 Å². The van der Waals surface area contributed by atoms with Gasteiger partial charge in [0.25, 0.3) is 0 Å². The highest BCUT2D eigenvalue weighted by atomic mass is 16.7. The van der Waals surface area contributed by atoms with Crippen molar-refractivity contribution in [2.45, 2.75) is 25.6 Å². The van der Waals surface area contributed by atoms with Crippen LogP contribution in [-0.4, -0.2) is 19.0 Å². The second-order valence-corrected chi connectivity index (χ2v) is 4.00. The molecule has 2 rings (SSSR count). The molecule has 2 heteroatoms. The Labute approximate surface area is 96.6 Å². The number of ether oxygens (including phenoxy) is 2. The SMILES string of the molecule is CC1(CCC#Cc2ccccc2)OCCO1. The third kappa shape index (κ3) is 3.10. The molecule has 1 aromatic rings. The molecule has 0 radical (unpaired) electrons. The van der Waals surface area contributed by atoms with E-state index in [0.29, 0.717) is 13.2 Å². The van der Waals surface area contributed by atoms with E-state index in [9.17, 15) is 0 Å². The van der Waals surface area contributed by atoms with Gasteiger partial charge in [-0.2, -0.15) is 0 Å². The number of benzene rings is 1. The van der Waals surface area contributed by atoms with Crippen molar-refractivity contribution in [1.29, 1.82) is 0 Å².